The minimum absolute atomic E-state index is 0.935. The molecule has 2 heterocycles. The van der Waals surface area contributed by atoms with Crippen molar-refractivity contribution >= 4 is 75.9 Å². The molecule has 0 aliphatic rings. The van der Waals surface area contributed by atoms with Gasteiger partial charge in [-0.3, -0.25) is 0 Å². The molecule has 0 amide bonds. The van der Waals surface area contributed by atoms with Gasteiger partial charge in [0.15, 0.2) is 0 Å². The van der Waals surface area contributed by atoms with E-state index in [1.54, 1.807) is 0 Å². The molecule has 0 aliphatic heterocycles. The second-order valence-corrected chi connectivity index (χ2v) is 8.91. The monoisotopic (exact) mass is 488 g/mol. The van der Waals surface area contributed by atoms with Crippen LogP contribution in [0.5, 0.6) is 0 Å². The van der Waals surface area contributed by atoms with Crippen molar-refractivity contribution in [1.29, 1.82) is 0 Å². The summed E-state index contributed by atoms with van der Waals surface area (Å²) >= 11 is 4.15. The van der Waals surface area contributed by atoms with E-state index in [0.29, 0.717) is 0 Å². The summed E-state index contributed by atoms with van der Waals surface area (Å²) in [6.07, 6.45) is 0. The maximum Gasteiger partial charge on any atom is 0.128 e. The molecule has 0 bridgehead atoms. The molecule has 0 N–H and O–H groups in total. The van der Waals surface area contributed by atoms with Crippen molar-refractivity contribution in [3.8, 4) is 11.3 Å². The van der Waals surface area contributed by atoms with Gasteiger partial charge in [0.1, 0.15) is 9.39 Å². The fourth-order valence-corrected chi connectivity index (χ4v) is 5.71. The zero-order chi connectivity index (χ0) is 18.7. The fraction of sp³-hybridized carbons (Fsp3) is 0. The van der Waals surface area contributed by atoms with Gasteiger partial charge in [0, 0.05) is 25.7 Å². The maximum atomic E-state index is 5.05. The highest BCUT2D eigenvalue weighted by atomic mass is 127. The van der Waals surface area contributed by atoms with Gasteiger partial charge in [0.25, 0.3) is 0 Å². The first-order valence-corrected chi connectivity index (χ1v) is 10.9. The van der Waals surface area contributed by atoms with E-state index in [0.717, 1.165) is 26.0 Å². The molecule has 0 aliphatic carbocycles. The molecule has 6 rings (SSSR count). The van der Waals surface area contributed by atoms with Gasteiger partial charge in [-0.15, -0.1) is 11.3 Å². The van der Waals surface area contributed by atoms with Crippen molar-refractivity contribution < 1.29 is 0 Å². The highest BCUT2D eigenvalue weighted by Crippen LogP contribution is 2.40. The third kappa shape index (κ3) is 2.45. The molecule has 0 fully saturated rings. The van der Waals surface area contributed by atoms with Gasteiger partial charge in [-0.05, 0) is 51.6 Å². The molecule has 6 aromatic rings. The Morgan fingerprint density at radius 2 is 1.36 bits per heavy atom. The van der Waals surface area contributed by atoms with E-state index in [1.807, 2.05) is 11.3 Å². The average Bonchev–Trinajstić information content (AvgIpc) is 3.11. The van der Waals surface area contributed by atoms with Crippen molar-refractivity contribution in [2.45, 2.75) is 0 Å². The number of fused-ring (bicyclic) bond motifs is 5. The Kier molecular flexibility index (Phi) is 3.64. The van der Waals surface area contributed by atoms with Crippen LogP contribution in [-0.4, -0.2) is 9.97 Å². The molecule has 4 heteroatoms. The van der Waals surface area contributed by atoms with Crippen LogP contribution in [-0.2, 0) is 0 Å². The zero-order valence-electron chi connectivity index (χ0n) is 14.7. The molecule has 0 spiro atoms. The molecule has 0 saturated heterocycles. The van der Waals surface area contributed by atoms with Crippen LogP contribution < -0.4 is 0 Å². The summed E-state index contributed by atoms with van der Waals surface area (Å²) in [5.41, 5.74) is 3.99. The van der Waals surface area contributed by atoms with E-state index in [2.05, 4.69) is 101 Å². The molecule has 132 valence electrons. The van der Waals surface area contributed by atoms with Crippen LogP contribution in [0.25, 0.3) is 53.2 Å². The topological polar surface area (TPSA) is 25.8 Å². The maximum absolute atomic E-state index is 5.05. The number of nitrogens with zero attached hydrogens (tertiary/aromatic N) is 2. The van der Waals surface area contributed by atoms with E-state index >= 15 is 0 Å². The van der Waals surface area contributed by atoms with Crippen LogP contribution in [0.15, 0.2) is 78.9 Å². The first-order valence-electron chi connectivity index (χ1n) is 9.05. The first kappa shape index (κ1) is 16.4. The summed E-state index contributed by atoms with van der Waals surface area (Å²) in [7, 11) is 0. The van der Waals surface area contributed by atoms with E-state index in [9.17, 15) is 0 Å². The van der Waals surface area contributed by atoms with Gasteiger partial charge in [-0.25, -0.2) is 9.97 Å². The molecule has 2 nitrogen and oxygen atoms in total. The lowest BCUT2D eigenvalue weighted by atomic mass is 10.1. The van der Waals surface area contributed by atoms with E-state index in [-0.39, 0.29) is 0 Å². The van der Waals surface area contributed by atoms with Crippen LogP contribution >= 0.6 is 33.9 Å². The number of halogens is 1. The van der Waals surface area contributed by atoms with E-state index < -0.39 is 0 Å². The molecule has 4 aromatic carbocycles. The predicted molar refractivity (Wildman–Crippen MR) is 128 cm³/mol. The molecule has 28 heavy (non-hydrogen) atoms. The van der Waals surface area contributed by atoms with E-state index in [1.165, 1.54) is 30.9 Å². The molecule has 0 atom stereocenters. The Morgan fingerprint density at radius 3 is 2.18 bits per heavy atom. The minimum atomic E-state index is 0.935. The normalized spacial score (nSPS) is 11.8. The third-order valence-electron chi connectivity index (χ3n) is 5.15. The van der Waals surface area contributed by atoms with Crippen molar-refractivity contribution in [2.75, 3.05) is 0 Å². The van der Waals surface area contributed by atoms with Gasteiger partial charge in [0.2, 0.25) is 0 Å². The highest BCUT2D eigenvalue weighted by molar-refractivity contribution is 14.1. The molecule has 0 saturated carbocycles. The highest BCUT2D eigenvalue weighted by Gasteiger charge is 2.15. The summed E-state index contributed by atoms with van der Waals surface area (Å²) in [4.78, 5) is 9.94. The Hall–Kier alpha value is -2.57. The van der Waals surface area contributed by atoms with Crippen LogP contribution in [0.4, 0.5) is 0 Å². The predicted octanol–water partition coefficient (Wildman–Crippen LogP) is 7.42. The lowest BCUT2D eigenvalue weighted by Crippen LogP contribution is -1.94. The Morgan fingerprint density at radius 1 is 0.679 bits per heavy atom. The molecular weight excluding hydrogens is 475 g/mol. The van der Waals surface area contributed by atoms with Gasteiger partial charge < -0.3 is 0 Å². The summed E-state index contributed by atoms with van der Waals surface area (Å²) < 4.78 is 3.51. The molecule has 0 radical (unpaired) electrons. The number of rotatable bonds is 1. The zero-order valence-corrected chi connectivity index (χ0v) is 17.7. The van der Waals surface area contributed by atoms with E-state index in [4.69, 9.17) is 9.97 Å². The molecule has 2 aromatic heterocycles. The minimum Gasteiger partial charge on any atom is -0.243 e. The smallest absolute Gasteiger partial charge is 0.128 e. The number of aromatic nitrogens is 2. The Balaban J connectivity index is 1.67. The average molecular weight is 488 g/mol. The van der Waals surface area contributed by atoms with Crippen molar-refractivity contribution in [1.82, 2.24) is 9.97 Å². The number of hydrogen-bond acceptors (Lipinski definition) is 3. The van der Waals surface area contributed by atoms with Crippen LogP contribution in [0.3, 0.4) is 0 Å². The van der Waals surface area contributed by atoms with Crippen molar-refractivity contribution in [3.63, 3.8) is 0 Å². The standard InChI is InChI=1S/C24H13IN2S/c25-24-22(26-19-12-14-6-1-2-7-15(14)13-20(19)27-24)18-10-5-9-17-16-8-3-4-11-21(16)28-23(17)18/h1-13H. The number of benzene rings is 4. The van der Waals surface area contributed by atoms with Gasteiger partial charge >= 0.3 is 0 Å². The number of thiophene rings is 1. The Bertz CT molecular complexity index is 1530. The SMILES string of the molecule is Ic1nc2cc3ccccc3cc2nc1-c1cccc2c1sc1ccccc12. The summed E-state index contributed by atoms with van der Waals surface area (Å²) in [5, 5.41) is 4.98. The van der Waals surface area contributed by atoms with Crippen LogP contribution in [0.1, 0.15) is 0 Å². The second kappa shape index (κ2) is 6.22. The molecule has 0 unspecified atom stereocenters. The van der Waals surface area contributed by atoms with Gasteiger partial charge in [-0.1, -0.05) is 60.7 Å². The fourth-order valence-electron chi connectivity index (χ4n) is 3.83. The lowest BCUT2D eigenvalue weighted by molar-refractivity contribution is 1.26. The quantitative estimate of drug-likeness (QED) is 0.178. The van der Waals surface area contributed by atoms with Crippen LogP contribution in [0, 0.1) is 3.70 Å². The summed E-state index contributed by atoms with van der Waals surface area (Å²) in [6, 6.07) is 27.7. The van der Waals surface area contributed by atoms with Crippen LogP contribution in [0.2, 0.25) is 0 Å². The number of hydrogen-bond donors (Lipinski definition) is 0. The third-order valence-corrected chi connectivity index (χ3v) is 7.12. The summed E-state index contributed by atoms with van der Waals surface area (Å²) in [5.74, 6) is 0. The van der Waals surface area contributed by atoms with Gasteiger partial charge in [0.05, 0.1) is 11.0 Å². The Labute approximate surface area is 179 Å². The van der Waals surface area contributed by atoms with Gasteiger partial charge in [-0.2, -0.15) is 0 Å². The lowest BCUT2D eigenvalue weighted by Gasteiger charge is -2.08. The first-order chi connectivity index (χ1) is 13.8. The largest absolute Gasteiger partial charge is 0.243 e. The second-order valence-electron chi connectivity index (χ2n) is 6.83. The van der Waals surface area contributed by atoms with Crippen molar-refractivity contribution in [3.05, 3.63) is 82.6 Å². The molecular formula is C24H13IN2S. The summed E-state index contributed by atoms with van der Waals surface area (Å²) in [6.45, 7) is 0. The van der Waals surface area contributed by atoms with Crippen molar-refractivity contribution in [2.24, 2.45) is 0 Å².